The van der Waals surface area contributed by atoms with Gasteiger partial charge in [0.05, 0.1) is 7.11 Å². The van der Waals surface area contributed by atoms with Crippen LogP contribution in [0.15, 0.2) is 36.4 Å². The molecule has 0 saturated heterocycles. The first-order valence-electron chi connectivity index (χ1n) is 12.5. The van der Waals surface area contributed by atoms with Gasteiger partial charge < -0.3 is 14.3 Å². The Kier molecular flexibility index (Phi) is 8.22. The summed E-state index contributed by atoms with van der Waals surface area (Å²) in [6.45, 7) is 10.4. The first-order chi connectivity index (χ1) is 16.1. The second kappa shape index (κ2) is 10.8. The number of methoxy groups -OCH3 is 1. The van der Waals surface area contributed by atoms with Gasteiger partial charge in [-0.05, 0) is 99.1 Å². The van der Waals surface area contributed by atoms with Crippen LogP contribution in [0.1, 0.15) is 94.4 Å². The molecule has 0 unspecified atom stereocenters. The van der Waals surface area contributed by atoms with Gasteiger partial charge in [-0.1, -0.05) is 38.1 Å². The molecule has 1 aliphatic rings. The first-order valence-corrected chi connectivity index (χ1v) is 12.5. The fourth-order valence-electron chi connectivity index (χ4n) is 5.15. The number of ketones is 1. The van der Waals surface area contributed by atoms with Crippen LogP contribution in [0.25, 0.3) is 0 Å². The maximum Gasteiger partial charge on any atom is 0.311 e. The lowest BCUT2D eigenvalue weighted by molar-refractivity contribution is -0.134. The molecule has 1 aliphatic carbocycles. The normalized spacial score (nSPS) is 16.6. The Bertz CT molecular complexity index is 1020. The lowest BCUT2D eigenvalue weighted by Gasteiger charge is -2.45. The van der Waals surface area contributed by atoms with Crippen LogP contribution in [0.3, 0.4) is 0 Å². The zero-order chi connectivity index (χ0) is 24.9. The second-order valence-electron chi connectivity index (χ2n) is 10.8. The quantitative estimate of drug-likeness (QED) is 0.223. The van der Waals surface area contributed by atoms with Crippen LogP contribution in [0.4, 0.5) is 0 Å². The van der Waals surface area contributed by atoms with Crippen molar-refractivity contribution >= 4 is 11.8 Å². The van der Waals surface area contributed by atoms with E-state index in [4.69, 9.17) is 9.47 Å². The Morgan fingerprint density at radius 2 is 1.35 bits per heavy atom. The number of rotatable bonds is 9. The summed E-state index contributed by atoms with van der Waals surface area (Å²) in [5.74, 6) is 1.46. The molecule has 0 spiro atoms. The minimum Gasteiger partial charge on any atom is -0.496 e. The summed E-state index contributed by atoms with van der Waals surface area (Å²) in [5.41, 5.74) is 5.02. The number of carbonyl (C=O) groups excluding carboxylic acids is 2. The summed E-state index contributed by atoms with van der Waals surface area (Å²) in [6.07, 6.45) is 6.74. The van der Waals surface area contributed by atoms with E-state index < -0.39 is 0 Å². The first kappa shape index (κ1) is 26.0. The highest BCUT2D eigenvalue weighted by Gasteiger charge is 2.41. The molecule has 34 heavy (non-hydrogen) atoms. The van der Waals surface area contributed by atoms with E-state index >= 15 is 0 Å². The number of benzene rings is 2. The van der Waals surface area contributed by atoms with Gasteiger partial charge in [0.15, 0.2) is 0 Å². The summed E-state index contributed by atoms with van der Waals surface area (Å²) in [5, 5.41) is 0. The number of hydrogen-bond donors (Lipinski definition) is 0. The Labute approximate surface area is 205 Å². The number of unbranched alkanes of at least 4 members (excludes halogenated alkanes) is 1. The minimum atomic E-state index is -0.237. The molecule has 3 rings (SSSR count). The molecule has 1 saturated carbocycles. The van der Waals surface area contributed by atoms with E-state index in [1.54, 1.807) is 14.0 Å². The van der Waals surface area contributed by atoms with E-state index in [0.717, 1.165) is 49.0 Å². The summed E-state index contributed by atoms with van der Waals surface area (Å²) in [6, 6.07) is 12.9. The van der Waals surface area contributed by atoms with E-state index in [0.29, 0.717) is 30.4 Å². The summed E-state index contributed by atoms with van der Waals surface area (Å²) in [4.78, 5) is 23.4. The van der Waals surface area contributed by atoms with Crippen molar-refractivity contribution in [2.45, 2.75) is 91.4 Å². The van der Waals surface area contributed by atoms with Crippen LogP contribution in [-0.2, 0) is 15.0 Å². The summed E-state index contributed by atoms with van der Waals surface area (Å²) < 4.78 is 11.2. The molecule has 184 valence electrons. The fourth-order valence-corrected chi connectivity index (χ4v) is 5.15. The molecular weight excluding hydrogens is 424 g/mol. The highest BCUT2D eigenvalue weighted by Crippen LogP contribution is 2.51. The van der Waals surface area contributed by atoms with Gasteiger partial charge >= 0.3 is 5.97 Å². The topological polar surface area (TPSA) is 52.6 Å². The molecule has 0 bridgehead atoms. The fraction of sp³-hybridized carbons (Fsp3) is 0.533. The van der Waals surface area contributed by atoms with E-state index in [-0.39, 0.29) is 17.2 Å². The molecule has 0 heterocycles. The van der Waals surface area contributed by atoms with E-state index in [1.807, 2.05) is 13.0 Å². The maximum absolute atomic E-state index is 12.3. The van der Waals surface area contributed by atoms with Crippen LogP contribution in [0.2, 0.25) is 0 Å². The average molecular weight is 465 g/mol. The van der Waals surface area contributed by atoms with Crippen LogP contribution >= 0.6 is 0 Å². The van der Waals surface area contributed by atoms with Crippen LogP contribution in [-0.4, -0.2) is 18.9 Å². The van der Waals surface area contributed by atoms with Gasteiger partial charge in [0, 0.05) is 18.3 Å². The number of carbonyl (C=O) groups is 2. The molecule has 0 aliphatic heterocycles. The SMILES string of the molecule is COc1ccc(C2(c3ccc(OC(=O)CCCCC(C)=O)c(C)c3)CCC(C)(C)CC2)cc1C. The Morgan fingerprint density at radius 3 is 1.85 bits per heavy atom. The number of esters is 1. The summed E-state index contributed by atoms with van der Waals surface area (Å²) >= 11 is 0. The number of hydrogen-bond acceptors (Lipinski definition) is 4. The Balaban J connectivity index is 1.85. The van der Waals surface area contributed by atoms with Crippen molar-refractivity contribution in [2.24, 2.45) is 5.41 Å². The third kappa shape index (κ3) is 6.08. The standard InChI is InChI=1S/C30H40O4/c1-21-19-24(11-13-26(21)33-6)30(17-15-29(4,5)16-18-30)25-12-14-27(22(2)20-25)34-28(32)10-8-7-9-23(3)31/h11-14,19-20H,7-10,15-18H2,1-6H3. The maximum atomic E-state index is 12.3. The molecule has 0 N–H and O–H groups in total. The van der Waals surface area contributed by atoms with Crippen molar-refractivity contribution in [1.29, 1.82) is 0 Å². The van der Waals surface area contributed by atoms with Gasteiger partial charge in [-0.2, -0.15) is 0 Å². The molecule has 0 amide bonds. The largest absolute Gasteiger partial charge is 0.496 e. The number of ether oxygens (including phenoxy) is 2. The molecule has 2 aromatic rings. The third-order valence-corrected chi connectivity index (χ3v) is 7.52. The Hall–Kier alpha value is -2.62. The molecule has 0 radical (unpaired) electrons. The molecule has 0 atom stereocenters. The minimum absolute atomic E-state index is 0.0630. The molecule has 4 nitrogen and oxygen atoms in total. The molecule has 0 aromatic heterocycles. The molecular formula is C30H40O4. The van der Waals surface area contributed by atoms with Crippen molar-refractivity contribution in [3.8, 4) is 11.5 Å². The van der Waals surface area contributed by atoms with Crippen molar-refractivity contribution in [1.82, 2.24) is 0 Å². The highest BCUT2D eigenvalue weighted by molar-refractivity contribution is 5.75. The van der Waals surface area contributed by atoms with Crippen LogP contribution < -0.4 is 9.47 Å². The Morgan fingerprint density at radius 1 is 0.824 bits per heavy atom. The number of Topliss-reactive ketones (excluding diaryl/α,β-unsaturated/α-hetero) is 1. The van der Waals surface area contributed by atoms with Crippen LogP contribution in [0, 0.1) is 19.3 Å². The molecule has 2 aromatic carbocycles. The highest BCUT2D eigenvalue weighted by atomic mass is 16.5. The smallest absolute Gasteiger partial charge is 0.311 e. The van der Waals surface area contributed by atoms with Crippen molar-refractivity contribution in [2.75, 3.05) is 7.11 Å². The third-order valence-electron chi connectivity index (χ3n) is 7.52. The van der Waals surface area contributed by atoms with Crippen molar-refractivity contribution in [3.63, 3.8) is 0 Å². The van der Waals surface area contributed by atoms with Gasteiger partial charge in [-0.3, -0.25) is 4.79 Å². The second-order valence-corrected chi connectivity index (χ2v) is 10.8. The zero-order valence-corrected chi connectivity index (χ0v) is 21.8. The van der Waals surface area contributed by atoms with E-state index in [9.17, 15) is 9.59 Å². The average Bonchev–Trinajstić information content (AvgIpc) is 2.78. The predicted octanol–water partition coefficient (Wildman–Crippen LogP) is 7.25. The predicted molar refractivity (Wildman–Crippen MR) is 137 cm³/mol. The van der Waals surface area contributed by atoms with Gasteiger partial charge in [0.2, 0.25) is 0 Å². The van der Waals surface area contributed by atoms with E-state index in [2.05, 4.69) is 51.1 Å². The van der Waals surface area contributed by atoms with Crippen molar-refractivity contribution < 1.29 is 19.1 Å². The van der Waals surface area contributed by atoms with Crippen LogP contribution in [0.5, 0.6) is 11.5 Å². The number of aryl methyl sites for hydroxylation is 2. The van der Waals surface area contributed by atoms with Gasteiger partial charge in [0.25, 0.3) is 0 Å². The van der Waals surface area contributed by atoms with Gasteiger partial charge in [-0.15, -0.1) is 0 Å². The molecule has 1 fully saturated rings. The van der Waals surface area contributed by atoms with Gasteiger partial charge in [0.1, 0.15) is 17.3 Å². The molecule has 4 heteroatoms. The van der Waals surface area contributed by atoms with Crippen molar-refractivity contribution in [3.05, 3.63) is 58.7 Å². The lowest BCUT2D eigenvalue weighted by atomic mass is 9.59. The lowest BCUT2D eigenvalue weighted by Crippen LogP contribution is -2.36. The van der Waals surface area contributed by atoms with Gasteiger partial charge in [-0.25, -0.2) is 0 Å². The monoisotopic (exact) mass is 464 g/mol. The van der Waals surface area contributed by atoms with E-state index in [1.165, 1.54) is 11.1 Å². The summed E-state index contributed by atoms with van der Waals surface area (Å²) in [7, 11) is 1.72. The zero-order valence-electron chi connectivity index (χ0n) is 21.8.